The van der Waals surface area contributed by atoms with Gasteiger partial charge >= 0.3 is 0 Å². The molecule has 0 fully saturated rings. The van der Waals surface area contributed by atoms with Crippen molar-refractivity contribution >= 4 is 31.9 Å². The molecule has 7 nitrogen and oxygen atoms in total. The second kappa shape index (κ2) is 4.63. The summed E-state index contributed by atoms with van der Waals surface area (Å²) in [6.07, 6.45) is 1.36. The van der Waals surface area contributed by atoms with Crippen LogP contribution in [-0.4, -0.2) is 33.4 Å². The molecule has 0 aliphatic carbocycles. The Morgan fingerprint density at radius 1 is 1.38 bits per heavy atom. The van der Waals surface area contributed by atoms with Gasteiger partial charge in [-0.15, -0.1) is 0 Å². The topological polar surface area (TPSA) is 85.2 Å². The number of hydrogen-bond donors (Lipinski definition) is 0. The van der Waals surface area contributed by atoms with Crippen LogP contribution in [0.1, 0.15) is 21.7 Å². The molecule has 3 heterocycles. The molecule has 110 valence electrons. The highest BCUT2D eigenvalue weighted by molar-refractivity contribution is 9.10. The van der Waals surface area contributed by atoms with E-state index in [2.05, 4.69) is 26.0 Å². The molecule has 0 bridgehead atoms. The molecule has 1 amide bonds. The number of carbonyl (C=O) groups is 1. The van der Waals surface area contributed by atoms with Gasteiger partial charge in [-0.25, -0.2) is 9.29 Å². The van der Waals surface area contributed by atoms with Crippen LogP contribution in [0.2, 0.25) is 0 Å². The zero-order chi connectivity index (χ0) is 15.4. The van der Waals surface area contributed by atoms with Crippen molar-refractivity contribution in [3.05, 3.63) is 39.8 Å². The summed E-state index contributed by atoms with van der Waals surface area (Å²) in [7, 11) is -2.21. The molecule has 9 heteroatoms. The lowest BCUT2D eigenvalue weighted by Crippen LogP contribution is -2.30. The highest BCUT2D eigenvalue weighted by atomic mass is 79.9. The highest BCUT2D eigenvalue weighted by Crippen LogP contribution is 2.31. The van der Waals surface area contributed by atoms with Crippen molar-refractivity contribution in [1.29, 1.82) is 0 Å². The highest BCUT2D eigenvalue weighted by Gasteiger charge is 2.43. The predicted octanol–water partition coefficient (Wildman–Crippen LogP) is 1.23. The second-order valence-corrected chi connectivity index (χ2v) is 7.21. The van der Waals surface area contributed by atoms with Gasteiger partial charge in [0.05, 0.1) is 28.0 Å². The summed E-state index contributed by atoms with van der Waals surface area (Å²) in [5.74, 6) is -0.566. The van der Waals surface area contributed by atoms with Crippen LogP contribution >= 0.6 is 15.9 Å². The van der Waals surface area contributed by atoms with E-state index in [4.69, 9.17) is 0 Å². The molecule has 0 aromatic carbocycles. The van der Waals surface area contributed by atoms with Gasteiger partial charge in [-0.05, 0) is 35.0 Å². The molecule has 1 aliphatic heterocycles. The summed E-state index contributed by atoms with van der Waals surface area (Å²) in [5, 5.41) is 4.01. The summed E-state index contributed by atoms with van der Waals surface area (Å²) >= 11 is 3.37. The van der Waals surface area contributed by atoms with Crippen LogP contribution in [0, 0.1) is 6.92 Å². The first-order valence-corrected chi connectivity index (χ1v) is 8.27. The maximum atomic E-state index is 12.4. The van der Waals surface area contributed by atoms with E-state index >= 15 is 0 Å². The number of sulfonamides is 1. The minimum atomic E-state index is -3.91. The van der Waals surface area contributed by atoms with Crippen LogP contribution in [0.5, 0.6) is 0 Å². The number of fused-ring (bicyclic) bond motifs is 1. The molecule has 0 spiro atoms. The molecule has 0 N–H and O–H groups in total. The van der Waals surface area contributed by atoms with Crippen molar-refractivity contribution in [1.82, 2.24) is 19.1 Å². The Morgan fingerprint density at radius 2 is 2.10 bits per heavy atom. The predicted molar refractivity (Wildman–Crippen MR) is 76.9 cm³/mol. The van der Waals surface area contributed by atoms with Crippen LogP contribution < -0.4 is 0 Å². The second-order valence-electron chi connectivity index (χ2n) is 4.64. The molecule has 0 radical (unpaired) electrons. The quantitative estimate of drug-likeness (QED) is 0.793. The fraction of sp³-hybridized carbons (Fsp3) is 0.250. The Bertz CT molecular complexity index is 859. The third kappa shape index (κ3) is 1.99. The van der Waals surface area contributed by atoms with Gasteiger partial charge in [0, 0.05) is 13.2 Å². The number of halogens is 1. The Hall–Kier alpha value is -1.74. The van der Waals surface area contributed by atoms with Crippen molar-refractivity contribution < 1.29 is 13.2 Å². The standard InChI is InChI=1S/C12H11BrN4O3S/c1-7-10(13)9(16(2)15-7)6-17-12(18)8-4-3-5-14-11(8)21(17,19)20/h3-5H,6H2,1-2H3. The Balaban J connectivity index is 2.08. The maximum absolute atomic E-state index is 12.4. The first kappa shape index (κ1) is 14.2. The summed E-state index contributed by atoms with van der Waals surface area (Å²) in [4.78, 5) is 16.1. The Morgan fingerprint density at radius 3 is 2.67 bits per heavy atom. The van der Waals surface area contributed by atoms with E-state index in [9.17, 15) is 13.2 Å². The third-order valence-electron chi connectivity index (χ3n) is 3.32. The lowest BCUT2D eigenvalue weighted by atomic mass is 10.2. The number of carbonyl (C=O) groups excluding carboxylic acids is 1. The summed E-state index contributed by atoms with van der Waals surface area (Å²) in [6, 6.07) is 3.01. The van der Waals surface area contributed by atoms with Gasteiger partial charge in [-0.3, -0.25) is 9.48 Å². The summed E-state index contributed by atoms with van der Waals surface area (Å²) in [5.41, 5.74) is 1.44. The SMILES string of the molecule is Cc1nn(C)c(CN2C(=O)c3cccnc3S2(=O)=O)c1Br. The number of nitrogens with zero attached hydrogens (tertiary/aromatic N) is 4. The molecule has 0 unspecified atom stereocenters. The van der Waals surface area contributed by atoms with E-state index in [1.807, 2.05) is 0 Å². The molecule has 0 saturated heterocycles. The van der Waals surface area contributed by atoms with Gasteiger partial charge < -0.3 is 0 Å². The van der Waals surface area contributed by atoms with Gasteiger partial charge in [0.2, 0.25) is 0 Å². The van der Waals surface area contributed by atoms with Gasteiger partial charge in [-0.1, -0.05) is 0 Å². The van der Waals surface area contributed by atoms with E-state index < -0.39 is 15.9 Å². The monoisotopic (exact) mass is 370 g/mol. The average Bonchev–Trinajstić information content (AvgIpc) is 2.79. The zero-order valence-electron chi connectivity index (χ0n) is 11.2. The van der Waals surface area contributed by atoms with E-state index in [1.165, 1.54) is 12.3 Å². The van der Waals surface area contributed by atoms with Crippen molar-refractivity contribution in [2.45, 2.75) is 18.5 Å². The van der Waals surface area contributed by atoms with E-state index in [0.29, 0.717) is 10.2 Å². The van der Waals surface area contributed by atoms with Crippen LogP contribution in [0.15, 0.2) is 27.8 Å². The Kier molecular flexibility index (Phi) is 3.14. The normalized spacial score (nSPS) is 16.3. The zero-order valence-corrected chi connectivity index (χ0v) is 13.6. The largest absolute Gasteiger partial charge is 0.285 e. The summed E-state index contributed by atoms with van der Waals surface area (Å²) < 4.78 is 27.9. The maximum Gasteiger partial charge on any atom is 0.285 e. The van der Waals surface area contributed by atoms with Gasteiger partial charge in [0.1, 0.15) is 0 Å². The van der Waals surface area contributed by atoms with Crippen molar-refractivity contribution in [2.24, 2.45) is 7.05 Å². The number of aryl methyl sites for hydroxylation is 2. The molecule has 2 aromatic heterocycles. The van der Waals surface area contributed by atoms with E-state index in [1.54, 1.807) is 24.7 Å². The van der Waals surface area contributed by atoms with Crippen molar-refractivity contribution in [3.63, 3.8) is 0 Å². The average molecular weight is 371 g/mol. The first-order chi connectivity index (χ1) is 9.84. The fourth-order valence-electron chi connectivity index (χ4n) is 2.25. The molecule has 3 rings (SSSR count). The minimum absolute atomic E-state index is 0.0878. The van der Waals surface area contributed by atoms with Crippen molar-refractivity contribution in [2.75, 3.05) is 0 Å². The van der Waals surface area contributed by atoms with Gasteiger partial charge in [-0.2, -0.15) is 13.5 Å². The molecule has 2 aromatic rings. The first-order valence-electron chi connectivity index (χ1n) is 6.04. The third-order valence-corrected chi connectivity index (χ3v) is 6.04. The van der Waals surface area contributed by atoms with Gasteiger partial charge in [0.15, 0.2) is 5.03 Å². The number of hydrogen-bond acceptors (Lipinski definition) is 5. The lowest BCUT2D eigenvalue weighted by Gasteiger charge is -2.15. The number of amides is 1. The number of aromatic nitrogens is 3. The molecule has 0 saturated carbocycles. The molecular formula is C12H11BrN4O3S. The number of pyridine rings is 1. The minimum Gasteiger partial charge on any atom is -0.269 e. The molecule has 1 aliphatic rings. The molecule has 0 atom stereocenters. The molecule has 21 heavy (non-hydrogen) atoms. The van der Waals surface area contributed by atoms with Crippen LogP contribution in [0.25, 0.3) is 0 Å². The number of rotatable bonds is 2. The van der Waals surface area contributed by atoms with Crippen LogP contribution in [0.4, 0.5) is 0 Å². The van der Waals surface area contributed by atoms with Crippen LogP contribution in [0.3, 0.4) is 0 Å². The lowest BCUT2D eigenvalue weighted by molar-refractivity contribution is 0.0862. The smallest absolute Gasteiger partial charge is 0.269 e. The summed E-state index contributed by atoms with van der Waals surface area (Å²) in [6.45, 7) is 1.71. The molecular weight excluding hydrogens is 360 g/mol. The van der Waals surface area contributed by atoms with Crippen LogP contribution in [-0.2, 0) is 23.6 Å². The Labute approximate surface area is 129 Å². The van der Waals surface area contributed by atoms with E-state index in [0.717, 1.165) is 10.00 Å². The van der Waals surface area contributed by atoms with E-state index in [-0.39, 0.29) is 17.1 Å². The fourth-order valence-corrected chi connectivity index (χ4v) is 4.16. The van der Waals surface area contributed by atoms with Gasteiger partial charge in [0.25, 0.3) is 15.9 Å². The van der Waals surface area contributed by atoms with Crippen molar-refractivity contribution in [3.8, 4) is 0 Å².